The number of hydrogen-bond donors (Lipinski definition) is 0. The lowest BCUT2D eigenvalue weighted by atomic mass is 9.82. The fourth-order valence-electron chi connectivity index (χ4n) is 8.70. The highest BCUT2D eigenvalue weighted by molar-refractivity contribution is 6.09. The summed E-state index contributed by atoms with van der Waals surface area (Å²) in [5.74, 6) is 0.317. The third-order valence-electron chi connectivity index (χ3n) is 11.1. The summed E-state index contributed by atoms with van der Waals surface area (Å²) in [5, 5.41) is 6.40. The Morgan fingerprint density at radius 2 is 1.39 bits per heavy atom. The lowest BCUT2D eigenvalue weighted by Gasteiger charge is -2.22. The summed E-state index contributed by atoms with van der Waals surface area (Å²) in [7, 11) is 0. The molecule has 1 atom stereocenters. The summed E-state index contributed by atoms with van der Waals surface area (Å²) in [4.78, 5) is 0. The summed E-state index contributed by atoms with van der Waals surface area (Å²) in [6, 6.07) is 49.5. The maximum atomic E-state index is 2.52. The second kappa shape index (κ2) is 12.0. The number of aromatic nitrogens is 1. The van der Waals surface area contributed by atoms with Crippen LogP contribution in [0.3, 0.4) is 0 Å². The molecule has 1 unspecified atom stereocenters. The van der Waals surface area contributed by atoms with E-state index in [-0.39, 0.29) is 0 Å². The van der Waals surface area contributed by atoms with Gasteiger partial charge in [0.15, 0.2) is 0 Å². The quantitative estimate of drug-likeness (QED) is 0.179. The van der Waals surface area contributed by atoms with Gasteiger partial charge in [-0.2, -0.15) is 0 Å². The van der Waals surface area contributed by atoms with Crippen LogP contribution in [0.5, 0.6) is 0 Å². The van der Waals surface area contributed by atoms with E-state index in [1.54, 1.807) is 0 Å². The maximum Gasteiger partial charge on any atom is 0.0622 e. The number of nitrogens with zero attached hydrogens (tertiary/aromatic N) is 1. The van der Waals surface area contributed by atoms with Crippen molar-refractivity contribution in [3.63, 3.8) is 0 Å². The van der Waals surface area contributed by atoms with Crippen molar-refractivity contribution in [3.8, 4) is 28.1 Å². The minimum Gasteiger partial charge on any atom is -0.309 e. The Bertz CT molecular complexity index is 2860. The van der Waals surface area contributed by atoms with E-state index in [2.05, 4.69) is 187 Å². The summed E-state index contributed by atoms with van der Waals surface area (Å²) < 4.78 is 2.52. The van der Waals surface area contributed by atoms with Gasteiger partial charge in [-0.25, -0.2) is 0 Å². The zero-order valence-electron chi connectivity index (χ0n) is 28.7. The number of hydrogen-bond acceptors (Lipinski definition) is 0. The Balaban J connectivity index is 1.20. The van der Waals surface area contributed by atoms with Crippen molar-refractivity contribution in [2.24, 2.45) is 5.92 Å². The highest BCUT2D eigenvalue weighted by Gasteiger charge is 2.32. The Morgan fingerprint density at radius 1 is 0.647 bits per heavy atom. The molecule has 2 bridgehead atoms. The first-order chi connectivity index (χ1) is 25.2. The smallest absolute Gasteiger partial charge is 0.0622 e. The van der Waals surface area contributed by atoms with Gasteiger partial charge in [0.1, 0.15) is 0 Å². The topological polar surface area (TPSA) is 4.93 Å². The Kier molecular flexibility index (Phi) is 6.99. The SMILES string of the molecule is C\C=C/C=c1/cccc/c1=C\c1ccc(-n2c3c(c4ccccc42)-c2cccc4c2Cc2c(cccc2-3)C(C2C=c3ccccc3=CC2)=C4)cc1. The van der Waals surface area contributed by atoms with E-state index in [1.165, 1.54) is 93.2 Å². The van der Waals surface area contributed by atoms with E-state index < -0.39 is 0 Å². The van der Waals surface area contributed by atoms with Gasteiger partial charge in [-0.05, 0) is 104 Å². The monoisotopic (exact) mass is 651 g/mol. The molecule has 10 rings (SSSR count). The summed E-state index contributed by atoms with van der Waals surface area (Å²) in [6.07, 6.45) is 18.0. The summed E-state index contributed by atoms with van der Waals surface area (Å²) >= 11 is 0. The van der Waals surface area contributed by atoms with Crippen LogP contribution < -0.4 is 20.9 Å². The zero-order chi connectivity index (χ0) is 33.9. The number of fused-ring (bicyclic) bond motifs is 6. The first-order valence-corrected chi connectivity index (χ1v) is 18.1. The van der Waals surface area contributed by atoms with Crippen molar-refractivity contribution in [1.29, 1.82) is 0 Å². The van der Waals surface area contributed by atoms with Gasteiger partial charge >= 0.3 is 0 Å². The molecule has 1 aromatic heterocycles. The van der Waals surface area contributed by atoms with Gasteiger partial charge in [-0.3, -0.25) is 0 Å². The number of allylic oxidation sites excluding steroid dienone is 3. The van der Waals surface area contributed by atoms with Gasteiger partial charge in [0.25, 0.3) is 0 Å². The molecular formula is C50H37N. The van der Waals surface area contributed by atoms with Gasteiger partial charge < -0.3 is 4.57 Å². The van der Waals surface area contributed by atoms with Gasteiger partial charge in [0.05, 0.1) is 11.2 Å². The van der Waals surface area contributed by atoms with Crippen molar-refractivity contribution in [1.82, 2.24) is 4.57 Å². The van der Waals surface area contributed by atoms with Crippen LogP contribution >= 0.6 is 0 Å². The van der Waals surface area contributed by atoms with Gasteiger partial charge in [0.2, 0.25) is 0 Å². The van der Waals surface area contributed by atoms with E-state index in [4.69, 9.17) is 0 Å². The lowest BCUT2D eigenvalue weighted by Crippen LogP contribution is -2.28. The molecule has 0 spiro atoms. The van der Waals surface area contributed by atoms with Crippen molar-refractivity contribution >= 4 is 46.9 Å². The van der Waals surface area contributed by atoms with Crippen LogP contribution in [0, 0.1) is 5.92 Å². The number of rotatable bonds is 4. The Hall–Kier alpha value is -6.18. The van der Waals surface area contributed by atoms with Crippen molar-refractivity contribution < 1.29 is 0 Å². The second-order valence-corrected chi connectivity index (χ2v) is 14.0. The van der Waals surface area contributed by atoms with E-state index in [0.29, 0.717) is 5.92 Å². The predicted molar refractivity (Wildman–Crippen MR) is 216 cm³/mol. The zero-order valence-corrected chi connectivity index (χ0v) is 28.7. The van der Waals surface area contributed by atoms with Crippen LogP contribution in [-0.2, 0) is 6.42 Å². The fourth-order valence-corrected chi connectivity index (χ4v) is 8.70. The molecule has 6 aromatic carbocycles. The number of benzene rings is 6. The van der Waals surface area contributed by atoms with Crippen LogP contribution in [0.25, 0.3) is 74.9 Å². The summed E-state index contributed by atoms with van der Waals surface area (Å²) in [5.41, 5.74) is 15.9. The third kappa shape index (κ3) is 4.84. The molecule has 0 fully saturated rings. The van der Waals surface area contributed by atoms with E-state index in [1.807, 2.05) is 0 Å². The number of para-hydroxylation sites is 1. The average Bonchev–Trinajstić information content (AvgIpc) is 3.30. The van der Waals surface area contributed by atoms with E-state index >= 15 is 0 Å². The molecule has 0 saturated carbocycles. The molecule has 1 nitrogen and oxygen atoms in total. The van der Waals surface area contributed by atoms with Crippen molar-refractivity contribution in [2.75, 3.05) is 0 Å². The van der Waals surface area contributed by atoms with Crippen LogP contribution in [-0.4, -0.2) is 4.57 Å². The van der Waals surface area contributed by atoms with Gasteiger partial charge in [-0.15, -0.1) is 0 Å². The predicted octanol–water partition coefficient (Wildman–Crippen LogP) is 9.19. The highest BCUT2D eigenvalue weighted by atomic mass is 15.0. The molecule has 1 heterocycles. The largest absolute Gasteiger partial charge is 0.309 e. The average molecular weight is 652 g/mol. The normalized spacial score (nSPS) is 16.2. The lowest BCUT2D eigenvalue weighted by molar-refractivity contribution is 0.916. The molecule has 3 aliphatic carbocycles. The van der Waals surface area contributed by atoms with E-state index in [0.717, 1.165) is 12.8 Å². The molecule has 3 aliphatic rings. The van der Waals surface area contributed by atoms with E-state index in [9.17, 15) is 0 Å². The van der Waals surface area contributed by atoms with Crippen LogP contribution in [0.15, 0.2) is 146 Å². The fraction of sp³-hybridized carbons (Fsp3) is 0.0800. The molecule has 0 amide bonds. The first-order valence-electron chi connectivity index (χ1n) is 18.1. The molecule has 0 aliphatic heterocycles. The minimum atomic E-state index is 0.317. The molecule has 242 valence electrons. The van der Waals surface area contributed by atoms with Crippen LogP contribution in [0.1, 0.15) is 41.2 Å². The van der Waals surface area contributed by atoms with Crippen molar-refractivity contribution in [2.45, 2.75) is 19.8 Å². The molecule has 0 N–H and O–H groups in total. The first kappa shape index (κ1) is 29.7. The molecular weight excluding hydrogens is 615 g/mol. The Morgan fingerprint density at radius 3 is 2.27 bits per heavy atom. The standard InChI is InChI=1S/C50H37N/c1-2-3-12-34-13-4-6-15-36(34)29-33-23-27-40(28-24-33)51-48-22-9-8-18-44(48)49-42-20-10-17-38-31-45(39-26-25-35-14-5-7-16-37(35)30-39)41-19-11-21-43(50(49)51)47(41)32-46(38)42/h2-25,27-31,39H,26,32H2,1H3/b3-2-,34-12-,36-29+. The van der Waals surface area contributed by atoms with Crippen molar-refractivity contribution in [3.05, 3.63) is 194 Å². The Labute approximate surface area is 298 Å². The minimum absolute atomic E-state index is 0.317. The van der Waals surface area contributed by atoms with Crippen LogP contribution in [0.2, 0.25) is 0 Å². The summed E-state index contributed by atoms with van der Waals surface area (Å²) in [6.45, 7) is 2.05. The molecule has 0 radical (unpaired) electrons. The molecule has 7 aromatic rings. The molecule has 1 heteroatoms. The molecule has 51 heavy (non-hydrogen) atoms. The van der Waals surface area contributed by atoms with Crippen LogP contribution in [0.4, 0.5) is 0 Å². The third-order valence-corrected chi connectivity index (χ3v) is 11.1. The maximum absolute atomic E-state index is 2.52. The van der Waals surface area contributed by atoms with Gasteiger partial charge in [0, 0.05) is 28.1 Å². The molecule has 0 saturated heterocycles. The second-order valence-electron chi connectivity index (χ2n) is 14.0. The highest BCUT2D eigenvalue weighted by Crippen LogP contribution is 2.51. The van der Waals surface area contributed by atoms with Gasteiger partial charge in [-0.1, -0.05) is 152 Å².